The monoisotopic (exact) mass is 236 g/mol. The molecule has 1 aliphatic rings. The number of esters is 1. The molecule has 1 aliphatic heterocycles. The normalized spacial score (nSPS) is 22.8. The summed E-state index contributed by atoms with van der Waals surface area (Å²) in [7, 11) is 1.40. The molecule has 0 bridgehead atoms. The van der Waals surface area contributed by atoms with E-state index in [4.69, 9.17) is 4.74 Å². The first-order valence-corrected chi connectivity index (χ1v) is 5.73. The molecule has 0 spiro atoms. The Morgan fingerprint density at radius 2 is 2.56 bits per heavy atom. The zero-order valence-electron chi connectivity index (χ0n) is 8.84. The van der Waals surface area contributed by atoms with Crippen LogP contribution in [0.1, 0.15) is 12.0 Å². The quantitative estimate of drug-likeness (QED) is 0.808. The van der Waals surface area contributed by atoms with Crippen molar-refractivity contribution < 1.29 is 9.53 Å². The van der Waals surface area contributed by atoms with Crippen LogP contribution in [-0.2, 0) is 14.4 Å². The Kier molecular flexibility index (Phi) is 3.14. The number of aromatic nitrogens is 1. The van der Waals surface area contributed by atoms with Crippen LogP contribution in [0.25, 0.3) is 0 Å². The number of hydrogen-bond donors (Lipinski definition) is 1. The molecule has 16 heavy (non-hydrogen) atoms. The van der Waals surface area contributed by atoms with Crippen molar-refractivity contribution in [2.45, 2.75) is 11.3 Å². The minimum Gasteiger partial charge on any atom is -0.469 e. The first-order chi connectivity index (χ1) is 7.77. The van der Waals surface area contributed by atoms with E-state index >= 15 is 0 Å². The smallest absolute Gasteiger partial charge is 0.309 e. The molecule has 0 saturated carbocycles. The fraction of sp³-hybridized carbons (Fsp3) is 0.273. The molecule has 0 aliphatic carbocycles. The van der Waals surface area contributed by atoms with Gasteiger partial charge in [-0.1, -0.05) is 17.8 Å². The molecule has 0 amide bonds. The number of methoxy groups -OCH3 is 1. The van der Waals surface area contributed by atoms with Crippen molar-refractivity contribution in [1.82, 2.24) is 10.3 Å². The topological polar surface area (TPSA) is 51.2 Å². The van der Waals surface area contributed by atoms with Crippen molar-refractivity contribution >= 4 is 17.7 Å². The van der Waals surface area contributed by atoms with Crippen LogP contribution < -0.4 is 5.32 Å². The highest BCUT2D eigenvalue weighted by molar-refractivity contribution is 8.03. The third-order valence-electron chi connectivity index (χ3n) is 2.40. The lowest BCUT2D eigenvalue weighted by atomic mass is 10.1. The highest BCUT2D eigenvalue weighted by atomic mass is 32.2. The van der Waals surface area contributed by atoms with Crippen LogP contribution in [0.15, 0.2) is 36.1 Å². The molecule has 2 heterocycles. The Hall–Kier alpha value is -1.49. The number of nitrogens with one attached hydrogen (secondary N) is 1. The van der Waals surface area contributed by atoms with E-state index in [2.05, 4.69) is 10.3 Å². The average molecular weight is 236 g/mol. The zero-order chi connectivity index (χ0) is 11.4. The lowest BCUT2D eigenvalue weighted by Gasteiger charge is -2.27. The Bertz CT molecular complexity index is 398. The summed E-state index contributed by atoms with van der Waals surface area (Å²) in [6, 6.07) is 3.80. The van der Waals surface area contributed by atoms with Crippen LogP contribution in [-0.4, -0.2) is 18.1 Å². The van der Waals surface area contributed by atoms with Crippen molar-refractivity contribution in [3.8, 4) is 0 Å². The Balaban J connectivity index is 2.26. The van der Waals surface area contributed by atoms with Gasteiger partial charge in [-0.2, -0.15) is 0 Å². The van der Waals surface area contributed by atoms with Crippen LogP contribution >= 0.6 is 11.8 Å². The number of pyridine rings is 1. The van der Waals surface area contributed by atoms with Crippen LogP contribution in [0.4, 0.5) is 0 Å². The van der Waals surface area contributed by atoms with E-state index in [1.165, 1.54) is 7.11 Å². The lowest BCUT2D eigenvalue weighted by molar-refractivity contribution is -0.141. The predicted octanol–water partition coefficient (Wildman–Crippen LogP) is 1.61. The molecule has 5 heteroatoms. The third kappa shape index (κ3) is 2.04. The summed E-state index contributed by atoms with van der Waals surface area (Å²) < 4.78 is 4.72. The zero-order valence-corrected chi connectivity index (χ0v) is 9.66. The van der Waals surface area contributed by atoms with E-state index in [0.717, 1.165) is 5.56 Å². The fourth-order valence-electron chi connectivity index (χ4n) is 1.58. The van der Waals surface area contributed by atoms with Crippen LogP contribution in [0.2, 0.25) is 0 Å². The molecule has 1 aromatic heterocycles. The molecule has 4 nitrogen and oxygen atoms in total. The Morgan fingerprint density at radius 3 is 3.12 bits per heavy atom. The molecule has 0 fully saturated rings. The van der Waals surface area contributed by atoms with Crippen LogP contribution in [0.5, 0.6) is 0 Å². The summed E-state index contributed by atoms with van der Waals surface area (Å²) >= 11 is 1.55. The van der Waals surface area contributed by atoms with E-state index in [1.54, 1.807) is 24.2 Å². The Labute approximate surface area is 98.1 Å². The van der Waals surface area contributed by atoms with Crippen molar-refractivity contribution in [3.63, 3.8) is 0 Å². The van der Waals surface area contributed by atoms with Gasteiger partial charge in [-0.15, -0.1) is 0 Å². The van der Waals surface area contributed by atoms with Crippen molar-refractivity contribution in [3.05, 3.63) is 41.7 Å². The minimum atomic E-state index is -0.471. The van der Waals surface area contributed by atoms with Gasteiger partial charge in [-0.3, -0.25) is 9.78 Å². The van der Waals surface area contributed by atoms with E-state index in [-0.39, 0.29) is 12.4 Å². The molecule has 1 atom stereocenters. The summed E-state index contributed by atoms with van der Waals surface area (Å²) in [5.41, 5.74) is 0.968. The van der Waals surface area contributed by atoms with Gasteiger partial charge in [0.1, 0.15) is 4.87 Å². The van der Waals surface area contributed by atoms with Gasteiger partial charge in [0.25, 0.3) is 0 Å². The summed E-state index contributed by atoms with van der Waals surface area (Å²) in [5.74, 6) is -0.243. The van der Waals surface area contributed by atoms with E-state index in [1.807, 2.05) is 23.7 Å². The van der Waals surface area contributed by atoms with Crippen LogP contribution in [0.3, 0.4) is 0 Å². The van der Waals surface area contributed by atoms with Gasteiger partial charge in [0.15, 0.2) is 0 Å². The van der Waals surface area contributed by atoms with E-state index in [9.17, 15) is 4.79 Å². The van der Waals surface area contributed by atoms with Gasteiger partial charge in [0.05, 0.1) is 13.5 Å². The average Bonchev–Trinajstić information content (AvgIpc) is 2.80. The molecule has 2 rings (SSSR count). The molecule has 1 aromatic rings. The van der Waals surface area contributed by atoms with E-state index < -0.39 is 4.87 Å². The number of ether oxygens (including phenoxy) is 1. The van der Waals surface area contributed by atoms with Crippen LogP contribution in [0, 0.1) is 0 Å². The van der Waals surface area contributed by atoms with Gasteiger partial charge in [0, 0.05) is 24.2 Å². The molecule has 84 valence electrons. The second kappa shape index (κ2) is 4.57. The molecule has 0 saturated heterocycles. The molecular formula is C11H12N2O2S. The maximum absolute atomic E-state index is 11.4. The standard InChI is InChI=1S/C11H12N2O2S/c1-15-10(14)7-11(13-5-6-16-11)9-3-2-4-12-8-9/h2-6,8,13H,7H2,1H3. The second-order valence-corrected chi connectivity index (χ2v) is 4.59. The first kappa shape index (κ1) is 11.0. The molecule has 1 unspecified atom stereocenters. The maximum atomic E-state index is 11.4. The highest BCUT2D eigenvalue weighted by Gasteiger charge is 2.37. The minimum absolute atomic E-state index is 0.243. The summed E-state index contributed by atoms with van der Waals surface area (Å²) in [6.45, 7) is 0. The number of carbonyl (C=O) groups excluding carboxylic acids is 1. The van der Waals surface area contributed by atoms with Gasteiger partial charge < -0.3 is 10.1 Å². The third-order valence-corrected chi connectivity index (χ3v) is 3.57. The number of rotatable bonds is 3. The molecule has 0 aromatic carbocycles. The maximum Gasteiger partial charge on any atom is 0.309 e. The first-order valence-electron chi connectivity index (χ1n) is 4.85. The summed E-state index contributed by atoms with van der Waals surface area (Å²) in [6.07, 6.45) is 5.58. The SMILES string of the molecule is COC(=O)CC1(c2cccnc2)NC=CS1. The summed E-state index contributed by atoms with van der Waals surface area (Å²) in [5, 5.41) is 5.12. The largest absolute Gasteiger partial charge is 0.469 e. The van der Waals surface area contributed by atoms with E-state index in [0.29, 0.717) is 0 Å². The van der Waals surface area contributed by atoms with Crippen molar-refractivity contribution in [1.29, 1.82) is 0 Å². The highest BCUT2D eigenvalue weighted by Crippen LogP contribution is 2.41. The van der Waals surface area contributed by atoms with Crippen molar-refractivity contribution in [2.75, 3.05) is 7.11 Å². The summed E-state index contributed by atoms with van der Waals surface area (Å²) in [4.78, 5) is 15.0. The van der Waals surface area contributed by atoms with Gasteiger partial charge in [0.2, 0.25) is 0 Å². The van der Waals surface area contributed by atoms with Gasteiger partial charge in [-0.05, 0) is 11.5 Å². The number of carbonyl (C=O) groups is 1. The number of hydrogen-bond acceptors (Lipinski definition) is 5. The second-order valence-electron chi connectivity index (χ2n) is 3.39. The Morgan fingerprint density at radius 1 is 1.69 bits per heavy atom. The van der Waals surface area contributed by atoms with Crippen molar-refractivity contribution in [2.24, 2.45) is 0 Å². The van der Waals surface area contributed by atoms with Gasteiger partial charge in [-0.25, -0.2) is 0 Å². The number of nitrogens with zero attached hydrogens (tertiary/aromatic N) is 1. The fourth-order valence-corrected chi connectivity index (χ4v) is 2.54. The molecular weight excluding hydrogens is 224 g/mol. The number of thioether (sulfide) groups is 1. The lowest BCUT2D eigenvalue weighted by Crippen LogP contribution is -2.35. The molecule has 1 N–H and O–H groups in total. The predicted molar refractivity (Wildman–Crippen MR) is 62.4 cm³/mol. The molecule has 0 radical (unpaired) electrons. The van der Waals surface area contributed by atoms with Gasteiger partial charge >= 0.3 is 5.97 Å².